The minimum Gasteiger partial charge on any atom is -0.506 e. The number of nitrogens with two attached hydrogens (primary N) is 1. The van der Waals surface area contributed by atoms with Gasteiger partial charge in [-0.3, -0.25) is 0 Å². The summed E-state index contributed by atoms with van der Waals surface area (Å²) >= 11 is 0. The molecule has 0 bridgehead atoms. The molecule has 104 valence electrons. The summed E-state index contributed by atoms with van der Waals surface area (Å²) in [7, 11) is 0. The number of hydrogen-bond donors (Lipinski definition) is 2. The molecule has 21 heavy (non-hydrogen) atoms. The number of rotatable bonds is 3. The third-order valence-electron chi connectivity index (χ3n) is 3.69. The molecule has 0 saturated heterocycles. The quantitative estimate of drug-likeness (QED) is 0.428. The van der Waals surface area contributed by atoms with E-state index in [0.29, 0.717) is 5.69 Å². The van der Waals surface area contributed by atoms with Crippen LogP contribution in [0.4, 0.5) is 5.69 Å². The van der Waals surface area contributed by atoms with Crippen LogP contribution in [0.5, 0.6) is 5.75 Å². The van der Waals surface area contributed by atoms with E-state index in [1.54, 1.807) is 6.07 Å². The van der Waals surface area contributed by atoms with E-state index in [2.05, 4.69) is 24.3 Å². The molecule has 3 N–H and O–H groups in total. The number of hydrogen-bond acceptors (Lipinski definition) is 2. The molecule has 0 radical (unpaired) electrons. The predicted molar refractivity (Wildman–Crippen MR) is 86.3 cm³/mol. The second kappa shape index (κ2) is 5.71. The van der Waals surface area contributed by atoms with E-state index in [0.717, 1.165) is 16.7 Å². The van der Waals surface area contributed by atoms with Gasteiger partial charge < -0.3 is 10.8 Å². The molecule has 0 amide bonds. The van der Waals surface area contributed by atoms with Gasteiger partial charge in [0.25, 0.3) is 0 Å². The second-order valence-electron chi connectivity index (χ2n) is 5.03. The lowest BCUT2D eigenvalue weighted by Gasteiger charge is -2.21. The fraction of sp³-hybridized carbons (Fsp3) is 0.0526. The third kappa shape index (κ3) is 2.61. The molecular weight excluding hydrogens is 258 g/mol. The molecule has 0 heterocycles. The fourth-order valence-electron chi connectivity index (χ4n) is 2.66. The Morgan fingerprint density at radius 2 is 1.19 bits per heavy atom. The van der Waals surface area contributed by atoms with Crippen molar-refractivity contribution >= 4 is 5.69 Å². The topological polar surface area (TPSA) is 46.2 Å². The number of phenolic OH excluding ortho intramolecular Hbond substituents is 1. The van der Waals surface area contributed by atoms with Crippen molar-refractivity contribution in [1.29, 1.82) is 0 Å². The summed E-state index contributed by atoms with van der Waals surface area (Å²) in [5.74, 6) is 0.142. The molecule has 0 atom stereocenters. The van der Waals surface area contributed by atoms with Crippen molar-refractivity contribution in [1.82, 2.24) is 0 Å². The van der Waals surface area contributed by atoms with Crippen molar-refractivity contribution < 1.29 is 5.11 Å². The lowest BCUT2D eigenvalue weighted by molar-refractivity contribution is 0.477. The first-order valence-corrected chi connectivity index (χ1v) is 6.94. The maximum Gasteiger partial charge on any atom is 0.138 e. The van der Waals surface area contributed by atoms with Crippen LogP contribution in [-0.4, -0.2) is 5.11 Å². The van der Waals surface area contributed by atoms with Crippen LogP contribution in [0.1, 0.15) is 22.6 Å². The second-order valence-corrected chi connectivity index (χ2v) is 5.03. The van der Waals surface area contributed by atoms with Crippen molar-refractivity contribution in [2.45, 2.75) is 5.92 Å². The van der Waals surface area contributed by atoms with E-state index in [4.69, 9.17) is 5.73 Å². The zero-order chi connectivity index (χ0) is 14.7. The van der Waals surface area contributed by atoms with Crippen LogP contribution >= 0.6 is 0 Å². The number of anilines is 1. The first-order valence-electron chi connectivity index (χ1n) is 6.94. The molecule has 3 rings (SSSR count). The zero-order valence-corrected chi connectivity index (χ0v) is 11.6. The van der Waals surface area contributed by atoms with Crippen LogP contribution in [0, 0.1) is 0 Å². The summed E-state index contributed by atoms with van der Waals surface area (Å²) in [5, 5.41) is 9.92. The molecule has 0 spiro atoms. The van der Waals surface area contributed by atoms with Crippen molar-refractivity contribution in [3.63, 3.8) is 0 Å². The standard InChI is InChI=1S/C19H17NO/c20-19-16(12-7-13-17(19)21)18(14-8-3-1-4-9-14)15-10-5-2-6-11-15/h1-13,18,21H,20H2. The summed E-state index contributed by atoms with van der Waals surface area (Å²) in [4.78, 5) is 0. The molecule has 0 fully saturated rings. The summed E-state index contributed by atoms with van der Waals surface area (Å²) in [5.41, 5.74) is 9.78. The molecule has 0 unspecified atom stereocenters. The van der Waals surface area contributed by atoms with Crippen LogP contribution in [0.3, 0.4) is 0 Å². The van der Waals surface area contributed by atoms with Gasteiger partial charge in [-0.1, -0.05) is 72.8 Å². The first-order chi connectivity index (χ1) is 10.3. The minimum atomic E-state index is 0.0134. The van der Waals surface area contributed by atoms with Gasteiger partial charge in [0.05, 0.1) is 5.69 Å². The van der Waals surface area contributed by atoms with E-state index in [1.807, 2.05) is 48.5 Å². The largest absolute Gasteiger partial charge is 0.506 e. The van der Waals surface area contributed by atoms with Crippen LogP contribution in [0.15, 0.2) is 78.9 Å². The lowest BCUT2D eigenvalue weighted by atomic mass is 9.84. The highest BCUT2D eigenvalue weighted by molar-refractivity contribution is 5.62. The third-order valence-corrected chi connectivity index (χ3v) is 3.69. The van der Waals surface area contributed by atoms with Crippen LogP contribution in [-0.2, 0) is 0 Å². The molecule has 0 aliphatic heterocycles. The van der Waals surface area contributed by atoms with E-state index in [1.165, 1.54) is 0 Å². The van der Waals surface area contributed by atoms with Gasteiger partial charge in [0.15, 0.2) is 0 Å². The average molecular weight is 275 g/mol. The van der Waals surface area contributed by atoms with Gasteiger partial charge in [-0.25, -0.2) is 0 Å². The highest BCUT2D eigenvalue weighted by Gasteiger charge is 2.19. The first kappa shape index (κ1) is 13.3. The van der Waals surface area contributed by atoms with E-state index in [-0.39, 0.29) is 11.7 Å². The summed E-state index contributed by atoms with van der Waals surface area (Å²) < 4.78 is 0. The van der Waals surface area contributed by atoms with Crippen molar-refractivity contribution in [2.24, 2.45) is 0 Å². The number of aromatic hydroxyl groups is 1. The zero-order valence-electron chi connectivity index (χ0n) is 11.6. The SMILES string of the molecule is Nc1c(O)cccc1C(c1ccccc1)c1ccccc1. The molecule has 2 nitrogen and oxygen atoms in total. The molecule has 3 aromatic rings. The highest BCUT2D eigenvalue weighted by atomic mass is 16.3. The molecular formula is C19H17NO. The monoisotopic (exact) mass is 275 g/mol. The van der Waals surface area contributed by atoms with Gasteiger partial charge >= 0.3 is 0 Å². The van der Waals surface area contributed by atoms with Gasteiger partial charge in [-0.15, -0.1) is 0 Å². The Bertz CT molecular complexity index is 684. The summed E-state index contributed by atoms with van der Waals surface area (Å²) in [6.45, 7) is 0. The van der Waals surface area contributed by atoms with Gasteiger partial charge in [0, 0.05) is 5.92 Å². The highest BCUT2D eigenvalue weighted by Crippen LogP contribution is 2.37. The van der Waals surface area contributed by atoms with Gasteiger partial charge in [0.1, 0.15) is 5.75 Å². The Balaban J connectivity index is 2.20. The molecule has 3 aromatic carbocycles. The Hall–Kier alpha value is -2.74. The molecule has 0 aromatic heterocycles. The smallest absolute Gasteiger partial charge is 0.138 e. The Kier molecular flexibility index (Phi) is 3.61. The Morgan fingerprint density at radius 1 is 0.667 bits per heavy atom. The lowest BCUT2D eigenvalue weighted by Crippen LogP contribution is -2.06. The maximum atomic E-state index is 9.92. The molecule has 0 saturated carbocycles. The van der Waals surface area contributed by atoms with Crippen molar-refractivity contribution in [2.75, 3.05) is 5.73 Å². The number of nitrogen functional groups attached to an aromatic ring is 1. The Labute approximate surface area is 124 Å². The maximum absolute atomic E-state index is 9.92. The van der Waals surface area contributed by atoms with E-state index >= 15 is 0 Å². The van der Waals surface area contributed by atoms with Crippen molar-refractivity contribution in [3.8, 4) is 5.75 Å². The van der Waals surface area contributed by atoms with Gasteiger partial charge in [0.2, 0.25) is 0 Å². The number of benzene rings is 3. The predicted octanol–water partition coefficient (Wildman–Crippen LogP) is 4.15. The number of para-hydroxylation sites is 1. The molecule has 0 aliphatic carbocycles. The van der Waals surface area contributed by atoms with E-state index in [9.17, 15) is 5.11 Å². The Morgan fingerprint density at radius 3 is 1.71 bits per heavy atom. The van der Waals surface area contributed by atoms with Crippen molar-refractivity contribution in [3.05, 3.63) is 95.6 Å². The summed E-state index contributed by atoms with van der Waals surface area (Å²) in [6, 6.07) is 25.8. The molecule has 0 aliphatic rings. The average Bonchev–Trinajstić information content (AvgIpc) is 2.54. The van der Waals surface area contributed by atoms with Crippen LogP contribution in [0.25, 0.3) is 0 Å². The normalized spacial score (nSPS) is 10.7. The number of phenols is 1. The fourth-order valence-corrected chi connectivity index (χ4v) is 2.66. The summed E-state index contributed by atoms with van der Waals surface area (Å²) in [6.07, 6.45) is 0. The minimum absolute atomic E-state index is 0.0134. The van der Waals surface area contributed by atoms with E-state index < -0.39 is 0 Å². The van der Waals surface area contributed by atoms with Crippen LogP contribution in [0.2, 0.25) is 0 Å². The molecule has 2 heteroatoms. The van der Waals surface area contributed by atoms with Gasteiger partial charge in [-0.2, -0.15) is 0 Å². The van der Waals surface area contributed by atoms with Crippen LogP contribution < -0.4 is 5.73 Å². The van der Waals surface area contributed by atoms with Gasteiger partial charge in [-0.05, 0) is 22.8 Å².